The van der Waals surface area contributed by atoms with Crippen molar-refractivity contribution >= 4 is 11.8 Å². The topological polar surface area (TPSA) is 36.3 Å². The number of thioether (sulfide) groups is 1. The number of benzene rings is 1. The van der Waals surface area contributed by atoms with Crippen LogP contribution in [-0.4, -0.2) is 43.5 Å². The Morgan fingerprint density at radius 2 is 2.17 bits per heavy atom. The molecule has 2 rings (SSSR count). The number of nitrogens with zero attached hydrogens (tertiary/aromatic N) is 2. The molecule has 0 radical (unpaired) electrons. The first-order chi connectivity index (χ1) is 8.81. The molecule has 96 valence electrons. The molecule has 1 aliphatic heterocycles. The second kappa shape index (κ2) is 6.74. The Morgan fingerprint density at radius 1 is 1.39 bits per heavy atom. The molecule has 18 heavy (non-hydrogen) atoms. The molecule has 1 heterocycles. The van der Waals surface area contributed by atoms with Crippen molar-refractivity contribution < 1.29 is 9.13 Å². The van der Waals surface area contributed by atoms with Crippen LogP contribution in [-0.2, 0) is 4.74 Å². The summed E-state index contributed by atoms with van der Waals surface area (Å²) >= 11 is 1.53. The summed E-state index contributed by atoms with van der Waals surface area (Å²) in [5.41, 5.74) is 0.157. The highest BCUT2D eigenvalue weighted by Gasteiger charge is 2.11. The van der Waals surface area contributed by atoms with Gasteiger partial charge in [0.2, 0.25) is 0 Å². The summed E-state index contributed by atoms with van der Waals surface area (Å²) in [5.74, 6) is 0.423. The predicted molar refractivity (Wildman–Crippen MR) is 69.1 cm³/mol. The van der Waals surface area contributed by atoms with Gasteiger partial charge in [-0.25, -0.2) is 4.39 Å². The molecule has 0 aliphatic carbocycles. The molecule has 3 nitrogen and oxygen atoms in total. The SMILES string of the molecule is N#Cc1c(F)cccc1SCCN1CCOCC1. The van der Waals surface area contributed by atoms with E-state index in [0.717, 1.165) is 43.5 Å². The van der Waals surface area contributed by atoms with Crippen LogP contribution in [0.25, 0.3) is 0 Å². The molecule has 0 unspecified atom stereocenters. The van der Waals surface area contributed by atoms with Crippen LogP contribution in [0.3, 0.4) is 0 Å². The van der Waals surface area contributed by atoms with E-state index >= 15 is 0 Å². The monoisotopic (exact) mass is 266 g/mol. The lowest BCUT2D eigenvalue weighted by atomic mass is 10.2. The lowest BCUT2D eigenvalue weighted by Crippen LogP contribution is -2.37. The molecular formula is C13H15FN2OS. The van der Waals surface area contributed by atoms with Crippen molar-refractivity contribution in [3.05, 3.63) is 29.6 Å². The van der Waals surface area contributed by atoms with E-state index in [2.05, 4.69) is 4.90 Å². The Balaban J connectivity index is 1.86. The van der Waals surface area contributed by atoms with Gasteiger partial charge in [-0.15, -0.1) is 11.8 Å². The van der Waals surface area contributed by atoms with Crippen LogP contribution in [0, 0.1) is 17.1 Å². The zero-order valence-corrected chi connectivity index (χ0v) is 10.9. The summed E-state index contributed by atoms with van der Waals surface area (Å²) < 4.78 is 18.6. The van der Waals surface area contributed by atoms with Crippen LogP contribution >= 0.6 is 11.8 Å². The van der Waals surface area contributed by atoms with Gasteiger partial charge in [0.15, 0.2) is 0 Å². The zero-order chi connectivity index (χ0) is 12.8. The predicted octanol–water partition coefficient (Wildman–Crippen LogP) is 2.12. The lowest BCUT2D eigenvalue weighted by Gasteiger charge is -2.26. The molecule has 0 bridgehead atoms. The second-order valence-electron chi connectivity index (χ2n) is 4.03. The van der Waals surface area contributed by atoms with E-state index in [1.54, 1.807) is 12.1 Å². The smallest absolute Gasteiger partial charge is 0.142 e. The minimum Gasteiger partial charge on any atom is -0.379 e. The highest BCUT2D eigenvalue weighted by Crippen LogP contribution is 2.24. The Morgan fingerprint density at radius 3 is 2.89 bits per heavy atom. The molecule has 1 saturated heterocycles. The van der Waals surface area contributed by atoms with Crippen LogP contribution in [0.15, 0.2) is 23.1 Å². The van der Waals surface area contributed by atoms with Gasteiger partial charge in [0.1, 0.15) is 17.4 Å². The lowest BCUT2D eigenvalue weighted by molar-refractivity contribution is 0.0410. The fraction of sp³-hybridized carbons (Fsp3) is 0.462. The van der Waals surface area contributed by atoms with Crippen molar-refractivity contribution in [2.45, 2.75) is 4.90 Å². The molecule has 0 atom stereocenters. The largest absolute Gasteiger partial charge is 0.379 e. The van der Waals surface area contributed by atoms with E-state index in [-0.39, 0.29) is 5.56 Å². The summed E-state index contributed by atoms with van der Waals surface area (Å²) in [4.78, 5) is 3.05. The van der Waals surface area contributed by atoms with Gasteiger partial charge < -0.3 is 4.74 Å². The van der Waals surface area contributed by atoms with Crippen LogP contribution in [0.1, 0.15) is 5.56 Å². The number of nitriles is 1. The third kappa shape index (κ3) is 3.45. The van der Waals surface area contributed by atoms with Gasteiger partial charge in [0.25, 0.3) is 0 Å². The van der Waals surface area contributed by atoms with Crippen LogP contribution in [0.5, 0.6) is 0 Å². The number of morpholine rings is 1. The number of ether oxygens (including phenoxy) is 1. The van der Waals surface area contributed by atoms with Crippen LogP contribution < -0.4 is 0 Å². The number of halogens is 1. The molecule has 0 amide bonds. The van der Waals surface area contributed by atoms with Crippen molar-refractivity contribution in [3.63, 3.8) is 0 Å². The first kappa shape index (κ1) is 13.3. The first-order valence-corrected chi connectivity index (χ1v) is 6.91. The van der Waals surface area contributed by atoms with Crippen LogP contribution in [0.4, 0.5) is 4.39 Å². The molecule has 0 saturated carbocycles. The minimum absolute atomic E-state index is 0.157. The normalized spacial score (nSPS) is 16.4. The van der Waals surface area contributed by atoms with Gasteiger partial charge in [-0.2, -0.15) is 5.26 Å². The molecular weight excluding hydrogens is 251 g/mol. The van der Waals surface area contributed by atoms with E-state index in [1.165, 1.54) is 17.8 Å². The van der Waals surface area contributed by atoms with Crippen molar-refractivity contribution in [1.82, 2.24) is 4.90 Å². The number of rotatable bonds is 4. The van der Waals surface area contributed by atoms with Crippen molar-refractivity contribution in [1.29, 1.82) is 5.26 Å². The maximum atomic E-state index is 13.4. The maximum absolute atomic E-state index is 13.4. The van der Waals surface area contributed by atoms with Crippen molar-refractivity contribution in [2.24, 2.45) is 0 Å². The summed E-state index contributed by atoms with van der Waals surface area (Å²) in [6.07, 6.45) is 0. The Bertz CT molecular complexity index is 441. The van der Waals surface area contributed by atoms with E-state index in [4.69, 9.17) is 10.00 Å². The fourth-order valence-corrected chi connectivity index (χ4v) is 2.87. The maximum Gasteiger partial charge on any atom is 0.142 e. The fourth-order valence-electron chi connectivity index (χ4n) is 1.84. The Labute approximate surface area is 111 Å². The summed E-state index contributed by atoms with van der Waals surface area (Å²) in [6, 6.07) is 6.69. The van der Waals surface area contributed by atoms with E-state index in [9.17, 15) is 4.39 Å². The third-order valence-electron chi connectivity index (χ3n) is 2.86. The van der Waals surface area contributed by atoms with Crippen molar-refractivity contribution in [2.75, 3.05) is 38.6 Å². The van der Waals surface area contributed by atoms with E-state index < -0.39 is 5.82 Å². The van der Waals surface area contributed by atoms with Gasteiger partial charge in [-0.05, 0) is 12.1 Å². The van der Waals surface area contributed by atoms with E-state index in [1.807, 2.05) is 6.07 Å². The standard InChI is InChI=1S/C13H15FN2OS/c14-12-2-1-3-13(11(12)10-15)18-9-6-16-4-7-17-8-5-16/h1-3H,4-9H2. The molecule has 1 aromatic carbocycles. The molecule has 0 N–H and O–H groups in total. The molecule has 0 aromatic heterocycles. The molecule has 5 heteroatoms. The van der Waals surface area contributed by atoms with Gasteiger partial charge in [-0.3, -0.25) is 4.90 Å². The molecule has 1 fully saturated rings. The molecule has 1 aromatic rings. The highest BCUT2D eigenvalue weighted by atomic mass is 32.2. The van der Waals surface area contributed by atoms with Gasteiger partial charge in [-0.1, -0.05) is 6.07 Å². The van der Waals surface area contributed by atoms with Gasteiger partial charge in [0, 0.05) is 30.3 Å². The molecule has 1 aliphatic rings. The minimum atomic E-state index is -0.436. The van der Waals surface area contributed by atoms with Gasteiger partial charge >= 0.3 is 0 Å². The number of hydrogen-bond acceptors (Lipinski definition) is 4. The molecule has 0 spiro atoms. The summed E-state index contributed by atoms with van der Waals surface area (Å²) in [7, 11) is 0. The van der Waals surface area contributed by atoms with E-state index in [0.29, 0.717) is 0 Å². The van der Waals surface area contributed by atoms with Crippen LogP contribution in [0.2, 0.25) is 0 Å². The second-order valence-corrected chi connectivity index (χ2v) is 5.16. The zero-order valence-electron chi connectivity index (χ0n) is 10.1. The Hall–Kier alpha value is -1.09. The number of hydrogen-bond donors (Lipinski definition) is 0. The van der Waals surface area contributed by atoms with Crippen molar-refractivity contribution in [3.8, 4) is 6.07 Å². The third-order valence-corrected chi connectivity index (χ3v) is 3.89. The average molecular weight is 266 g/mol. The average Bonchev–Trinajstić information content (AvgIpc) is 2.40. The first-order valence-electron chi connectivity index (χ1n) is 5.93. The summed E-state index contributed by atoms with van der Waals surface area (Å²) in [5, 5.41) is 8.92. The quantitative estimate of drug-likeness (QED) is 0.782. The van der Waals surface area contributed by atoms with Gasteiger partial charge in [0.05, 0.1) is 13.2 Å². The summed E-state index contributed by atoms with van der Waals surface area (Å²) in [6.45, 7) is 4.42. The Kier molecular flexibility index (Phi) is 5.00. The highest BCUT2D eigenvalue weighted by molar-refractivity contribution is 7.99.